The van der Waals surface area contributed by atoms with Gasteiger partial charge < -0.3 is 14.4 Å². The average molecular weight is 495 g/mol. The number of halogens is 2. The highest BCUT2D eigenvalue weighted by atomic mass is 35.5. The maximum Gasteiger partial charge on any atom is 0.264 e. The van der Waals surface area contributed by atoms with Crippen LogP contribution in [-0.2, 0) is 16.8 Å². The van der Waals surface area contributed by atoms with Crippen molar-refractivity contribution in [3.8, 4) is 11.5 Å². The van der Waals surface area contributed by atoms with E-state index in [0.717, 1.165) is 49.5 Å². The second-order valence-corrected chi connectivity index (χ2v) is 9.73. The first-order chi connectivity index (χ1) is 17.0. The number of fused-ring (bicyclic) bond motifs is 2. The van der Waals surface area contributed by atoms with E-state index in [2.05, 4.69) is 17.0 Å². The molecule has 5 nitrogen and oxygen atoms in total. The molecule has 7 heteroatoms. The number of piperidine rings is 1. The molecule has 0 aliphatic carbocycles. The molecular formula is C28H28ClFN2O3. The van der Waals surface area contributed by atoms with Crippen molar-refractivity contribution in [2.24, 2.45) is 0 Å². The molecule has 0 aromatic heterocycles. The number of methoxy groups -OCH3 is 1. The summed E-state index contributed by atoms with van der Waals surface area (Å²) >= 11 is 5.93. The molecule has 0 bridgehead atoms. The number of ether oxygens (including phenoxy) is 2. The Labute approximate surface area is 210 Å². The second kappa shape index (κ2) is 9.88. The van der Waals surface area contributed by atoms with Crippen LogP contribution in [0.5, 0.6) is 11.5 Å². The highest BCUT2D eigenvalue weighted by Gasteiger charge is 2.46. The van der Waals surface area contributed by atoms with Gasteiger partial charge in [-0.1, -0.05) is 23.7 Å². The van der Waals surface area contributed by atoms with Crippen molar-refractivity contribution >= 4 is 23.2 Å². The Morgan fingerprint density at radius 2 is 1.80 bits per heavy atom. The van der Waals surface area contributed by atoms with Gasteiger partial charge in [-0.3, -0.25) is 9.69 Å². The standard InChI is InChI=1S/C28H28ClFN2O3/c1-34-24-4-2-3-20(15-24)17-31-13-11-28(12-14-31)19-32(26-10-7-22(30)16-25(26)28)27(33)18-35-23-8-5-21(29)6-9-23/h2-10,15-16H,11-14,17-19H2,1H3. The molecule has 1 amide bonds. The summed E-state index contributed by atoms with van der Waals surface area (Å²) in [4.78, 5) is 17.4. The van der Waals surface area contributed by atoms with E-state index in [9.17, 15) is 9.18 Å². The van der Waals surface area contributed by atoms with Gasteiger partial charge in [-0.25, -0.2) is 4.39 Å². The predicted octanol–water partition coefficient (Wildman–Crippen LogP) is 5.45. The lowest BCUT2D eigenvalue weighted by Crippen LogP contribution is -2.46. The summed E-state index contributed by atoms with van der Waals surface area (Å²) < 4.78 is 25.4. The van der Waals surface area contributed by atoms with E-state index in [0.29, 0.717) is 17.3 Å². The van der Waals surface area contributed by atoms with Gasteiger partial charge in [0.25, 0.3) is 5.91 Å². The number of carbonyl (C=O) groups excluding carboxylic acids is 1. The largest absolute Gasteiger partial charge is 0.497 e. The van der Waals surface area contributed by atoms with Crippen molar-refractivity contribution in [1.29, 1.82) is 0 Å². The summed E-state index contributed by atoms with van der Waals surface area (Å²) in [7, 11) is 1.67. The van der Waals surface area contributed by atoms with Gasteiger partial charge in [0.1, 0.15) is 17.3 Å². The summed E-state index contributed by atoms with van der Waals surface area (Å²) in [6, 6.07) is 19.8. The fraction of sp³-hybridized carbons (Fsp3) is 0.321. The predicted molar refractivity (Wildman–Crippen MR) is 135 cm³/mol. The second-order valence-electron chi connectivity index (χ2n) is 9.29. The third-order valence-electron chi connectivity index (χ3n) is 7.11. The van der Waals surface area contributed by atoms with E-state index in [1.165, 1.54) is 11.6 Å². The average Bonchev–Trinajstić information content (AvgIpc) is 3.18. The minimum Gasteiger partial charge on any atom is -0.497 e. The Bertz CT molecular complexity index is 1210. The van der Waals surface area contributed by atoms with E-state index >= 15 is 0 Å². The quantitative estimate of drug-likeness (QED) is 0.457. The van der Waals surface area contributed by atoms with Gasteiger partial charge in [-0.15, -0.1) is 0 Å². The molecule has 5 rings (SSSR count). The van der Waals surface area contributed by atoms with Gasteiger partial charge in [-0.2, -0.15) is 0 Å². The van der Waals surface area contributed by atoms with Gasteiger partial charge in [0, 0.05) is 29.2 Å². The van der Waals surface area contributed by atoms with Crippen LogP contribution in [-0.4, -0.2) is 44.2 Å². The lowest BCUT2D eigenvalue weighted by molar-refractivity contribution is -0.120. The molecule has 3 aromatic rings. The topological polar surface area (TPSA) is 42.0 Å². The zero-order valence-electron chi connectivity index (χ0n) is 19.7. The summed E-state index contributed by atoms with van der Waals surface area (Å²) in [5, 5.41) is 0.610. The molecule has 35 heavy (non-hydrogen) atoms. The third-order valence-corrected chi connectivity index (χ3v) is 7.36. The molecule has 3 aromatic carbocycles. The van der Waals surface area contributed by atoms with Crippen molar-refractivity contribution in [1.82, 2.24) is 4.90 Å². The van der Waals surface area contributed by atoms with Gasteiger partial charge in [0.2, 0.25) is 0 Å². The molecule has 1 saturated heterocycles. The van der Waals surface area contributed by atoms with E-state index in [1.54, 1.807) is 48.4 Å². The number of likely N-dealkylation sites (tertiary alicyclic amines) is 1. The minimum atomic E-state index is -0.270. The summed E-state index contributed by atoms with van der Waals surface area (Å²) in [6.07, 6.45) is 1.71. The van der Waals surface area contributed by atoms with E-state index in [4.69, 9.17) is 21.1 Å². The Hall–Kier alpha value is -3.09. The number of nitrogens with zero attached hydrogens (tertiary/aromatic N) is 2. The van der Waals surface area contributed by atoms with Gasteiger partial charge >= 0.3 is 0 Å². The maximum atomic E-state index is 14.3. The number of anilines is 1. The number of rotatable bonds is 6. The fourth-order valence-corrected chi connectivity index (χ4v) is 5.34. The Morgan fingerprint density at radius 3 is 2.54 bits per heavy atom. The van der Waals surface area contributed by atoms with Crippen LogP contribution in [0.2, 0.25) is 5.02 Å². The molecule has 0 radical (unpaired) electrons. The van der Waals surface area contributed by atoms with Crippen LogP contribution in [0.15, 0.2) is 66.7 Å². The Morgan fingerprint density at radius 1 is 1.03 bits per heavy atom. The summed E-state index contributed by atoms with van der Waals surface area (Å²) in [6.45, 7) is 3.03. The van der Waals surface area contributed by atoms with Crippen LogP contribution >= 0.6 is 11.6 Å². The molecule has 0 saturated carbocycles. The first-order valence-electron chi connectivity index (χ1n) is 11.8. The molecule has 2 heterocycles. The fourth-order valence-electron chi connectivity index (χ4n) is 5.21. The number of hydrogen-bond donors (Lipinski definition) is 0. The van der Waals surface area contributed by atoms with Crippen LogP contribution in [0.3, 0.4) is 0 Å². The molecule has 1 spiro atoms. The van der Waals surface area contributed by atoms with Crippen molar-refractivity contribution in [3.63, 3.8) is 0 Å². The SMILES string of the molecule is COc1cccc(CN2CCC3(CC2)CN(C(=O)COc2ccc(Cl)cc2)c2ccc(F)cc23)c1. The zero-order valence-corrected chi connectivity index (χ0v) is 20.4. The number of hydrogen-bond acceptors (Lipinski definition) is 4. The molecule has 0 unspecified atom stereocenters. The zero-order chi connectivity index (χ0) is 24.4. The first-order valence-corrected chi connectivity index (χ1v) is 12.2. The van der Waals surface area contributed by atoms with Gasteiger partial charge in [0.15, 0.2) is 6.61 Å². The van der Waals surface area contributed by atoms with Gasteiger partial charge in [-0.05, 0) is 91.7 Å². The smallest absolute Gasteiger partial charge is 0.264 e. The number of carbonyl (C=O) groups is 1. The molecule has 0 atom stereocenters. The van der Waals surface area contributed by atoms with Crippen LogP contribution in [0.1, 0.15) is 24.0 Å². The molecule has 1 fully saturated rings. The highest BCUT2D eigenvalue weighted by Crippen LogP contribution is 2.47. The third kappa shape index (κ3) is 5.00. The lowest BCUT2D eigenvalue weighted by Gasteiger charge is -2.40. The summed E-state index contributed by atoms with van der Waals surface area (Å²) in [5.74, 6) is 1.03. The van der Waals surface area contributed by atoms with E-state index in [-0.39, 0.29) is 23.7 Å². The van der Waals surface area contributed by atoms with Crippen LogP contribution in [0.4, 0.5) is 10.1 Å². The molecular weight excluding hydrogens is 467 g/mol. The van der Waals surface area contributed by atoms with E-state index < -0.39 is 0 Å². The van der Waals surface area contributed by atoms with Crippen molar-refractivity contribution in [3.05, 3.63) is 88.7 Å². The molecule has 182 valence electrons. The van der Waals surface area contributed by atoms with Crippen molar-refractivity contribution in [2.75, 3.05) is 38.3 Å². The monoisotopic (exact) mass is 494 g/mol. The van der Waals surface area contributed by atoms with E-state index in [1.807, 2.05) is 12.1 Å². The van der Waals surface area contributed by atoms with Gasteiger partial charge in [0.05, 0.1) is 7.11 Å². The minimum absolute atomic E-state index is 0.0868. The maximum absolute atomic E-state index is 14.3. The first kappa shape index (κ1) is 23.6. The number of amides is 1. The van der Waals surface area contributed by atoms with Crippen molar-refractivity contribution < 1.29 is 18.7 Å². The van der Waals surface area contributed by atoms with Crippen LogP contribution < -0.4 is 14.4 Å². The highest BCUT2D eigenvalue weighted by molar-refractivity contribution is 6.30. The molecule has 2 aliphatic heterocycles. The van der Waals surface area contributed by atoms with Crippen LogP contribution in [0.25, 0.3) is 0 Å². The normalized spacial score (nSPS) is 16.8. The Balaban J connectivity index is 1.29. The lowest BCUT2D eigenvalue weighted by atomic mass is 9.74. The molecule has 0 N–H and O–H groups in total. The van der Waals surface area contributed by atoms with Crippen LogP contribution in [0, 0.1) is 5.82 Å². The number of benzene rings is 3. The van der Waals surface area contributed by atoms with Crippen molar-refractivity contribution in [2.45, 2.75) is 24.8 Å². The molecule has 2 aliphatic rings. The Kier molecular flexibility index (Phi) is 6.67. The summed E-state index contributed by atoms with van der Waals surface area (Å²) in [5.41, 5.74) is 2.67.